The highest BCUT2D eigenvalue weighted by atomic mass is 16.5. The number of ether oxygens (including phenoxy) is 1. The number of pyridine rings is 1. The Labute approximate surface area is 167 Å². The van der Waals surface area contributed by atoms with Crippen molar-refractivity contribution in [1.29, 1.82) is 0 Å². The number of hydrogen-bond donors (Lipinski definition) is 2. The third-order valence-corrected chi connectivity index (χ3v) is 4.47. The van der Waals surface area contributed by atoms with Crippen LogP contribution in [0.15, 0.2) is 53.3 Å². The van der Waals surface area contributed by atoms with Crippen molar-refractivity contribution >= 4 is 28.5 Å². The van der Waals surface area contributed by atoms with Gasteiger partial charge in [0.1, 0.15) is 11.3 Å². The van der Waals surface area contributed by atoms with Gasteiger partial charge in [-0.15, -0.1) is 0 Å². The van der Waals surface area contributed by atoms with E-state index in [0.717, 1.165) is 0 Å². The highest BCUT2D eigenvalue weighted by molar-refractivity contribution is 6.09. The van der Waals surface area contributed by atoms with Crippen molar-refractivity contribution in [2.24, 2.45) is 0 Å². The third-order valence-electron chi connectivity index (χ3n) is 4.47. The van der Waals surface area contributed by atoms with Gasteiger partial charge in [0.2, 0.25) is 0 Å². The second kappa shape index (κ2) is 8.60. The van der Waals surface area contributed by atoms with E-state index < -0.39 is 17.4 Å². The maximum atomic E-state index is 12.9. The van der Waals surface area contributed by atoms with E-state index in [1.165, 1.54) is 28.8 Å². The van der Waals surface area contributed by atoms with E-state index in [1.54, 1.807) is 31.2 Å². The van der Waals surface area contributed by atoms with Crippen LogP contribution >= 0.6 is 0 Å². The Balaban J connectivity index is 1.97. The number of esters is 1. The minimum atomic E-state index is -0.716. The minimum absolute atomic E-state index is 0.266. The van der Waals surface area contributed by atoms with E-state index in [4.69, 9.17) is 4.74 Å². The summed E-state index contributed by atoms with van der Waals surface area (Å²) < 4.78 is 6.42. The molecule has 3 rings (SSSR count). The fourth-order valence-electron chi connectivity index (χ4n) is 3.14. The SMILES string of the molecule is CCCn1c(=O)c(C(=O)Nc2ccc(C(=O)OCC)cc2)c(O)c2ccccc21. The van der Waals surface area contributed by atoms with Gasteiger partial charge in [-0.1, -0.05) is 19.1 Å². The molecule has 0 fully saturated rings. The third kappa shape index (κ3) is 3.99. The standard InChI is InChI=1S/C22H22N2O5/c1-3-13-24-17-8-6-5-7-16(17)19(25)18(21(24)27)20(26)23-15-11-9-14(10-12-15)22(28)29-4-2/h5-12,25H,3-4,13H2,1-2H3,(H,23,26). The molecule has 7 heteroatoms. The van der Waals surface area contributed by atoms with Gasteiger partial charge in [-0.2, -0.15) is 0 Å². The summed E-state index contributed by atoms with van der Waals surface area (Å²) in [6, 6.07) is 13.0. The monoisotopic (exact) mass is 394 g/mol. The molecule has 0 spiro atoms. The van der Waals surface area contributed by atoms with Crippen LogP contribution in [-0.4, -0.2) is 28.2 Å². The van der Waals surface area contributed by atoms with E-state index in [-0.39, 0.29) is 17.9 Å². The van der Waals surface area contributed by atoms with Crippen LogP contribution in [0.4, 0.5) is 5.69 Å². The number of aromatic hydroxyl groups is 1. The number of carbonyl (C=O) groups excluding carboxylic acids is 2. The highest BCUT2D eigenvalue weighted by Gasteiger charge is 2.22. The zero-order valence-corrected chi connectivity index (χ0v) is 16.3. The van der Waals surface area contributed by atoms with Gasteiger partial charge in [0.05, 0.1) is 17.7 Å². The summed E-state index contributed by atoms with van der Waals surface area (Å²) >= 11 is 0. The molecule has 150 valence electrons. The average Bonchev–Trinajstić information content (AvgIpc) is 2.72. The Bertz CT molecular complexity index is 1120. The Hall–Kier alpha value is -3.61. The summed E-state index contributed by atoms with van der Waals surface area (Å²) in [7, 11) is 0. The number of hydrogen-bond acceptors (Lipinski definition) is 5. The molecule has 1 heterocycles. The maximum Gasteiger partial charge on any atom is 0.338 e. The lowest BCUT2D eigenvalue weighted by Crippen LogP contribution is -2.29. The van der Waals surface area contributed by atoms with Crippen LogP contribution < -0.4 is 10.9 Å². The molecule has 1 amide bonds. The molecule has 0 aliphatic rings. The molecule has 0 saturated carbocycles. The fraction of sp³-hybridized carbons (Fsp3) is 0.227. The summed E-state index contributed by atoms with van der Waals surface area (Å²) in [4.78, 5) is 37.4. The molecule has 0 unspecified atom stereocenters. The van der Waals surface area contributed by atoms with Gasteiger partial charge < -0.3 is 19.7 Å². The van der Waals surface area contributed by atoms with Gasteiger partial charge in [0.15, 0.2) is 0 Å². The largest absolute Gasteiger partial charge is 0.506 e. The quantitative estimate of drug-likeness (QED) is 0.623. The zero-order chi connectivity index (χ0) is 21.0. The molecule has 2 N–H and O–H groups in total. The van der Waals surface area contributed by atoms with Crippen molar-refractivity contribution in [3.63, 3.8) is 0 Å². The Morgan fingerprint density at radius 2 is 1.76 bits per heavy atom. The lowest BCUT2D eigenvalue weighted by Gasteiger charge is -2.14. The molecule has 0 aliphatic heterocycles. The Morgan fingerprint density at radius 3 is 2.41 bits per heavy atom. The predicted octanol–water partition coefficient (Wildman–Crippen LogP) is 3.55. The van der Waals surface area contributed by atoms with Crippen LogP contribution in [0.1, 0.15) is 41.0 Å². The second-order valence-corrected chi connectivity index (χ2v) is 6.45. The summed E-state index contributed by atoms with van der Waals surface area (Å²) in [6.45, 7) is 4.34. The van der Waals surface area contributed by atoms with Crippen molar-refractivity contribution in [3.8, 4) is 5.75 Å². The average molecular weight is 394 g/mol. The molecule has 2 aromatic carbocycles. The normalized spacial score (nSPS) is 10.7. The zero-order valence-electron chi connectivity index (χ0n) is 16.3. The van der Waals surface area contributed by atoms with E-state index in [2.05, 4.69) is 5.32 Å². The molecular weight excluding hydrogens is 372 g/mol. The van der Waals surface area contributed by atoms with Crippen LogP contribution in [0.3, 0.4) is 0 Å². The van der Waals surface area contributed by atoms with Crippen molar-refractivity contribution in [1.82, 2.24) is 4.57 Å². The predicted molar refractivity (Wildman–Crippen MR) is 111 cm³/mol. The van der Waals surface area contributed by atoms with Gasteiger partial charge in [0.25, 0.3) is 11.5 Å². The van der Waals surface area contributed by atoms with Gasteiger partial charge in [0, 0.05) is 17.6 Å². The number of rotatable bonds is 6. The highest BCUT2D eigenvalue weighted by Crippen LogP contribution is 2.27. The van der Waals surface area contributed by atoms with E-state index in [0.29, 0.717) is 35.1 Å². The van der Waals surface area contributed by atoms with Gasteiger partial charge in [-0.25, -0.2) is 4.79 Å². The number of benzene rings is 2. The molecule has 0 saturated heterocycles. The number of amides is 1. The molecule has 3 aromatic rings. The number of anilines is 1. The molecule has 0 bridgehead atoms. The van der Waals surface area contributed by atoms with Crippen molar-refractivity contribution < 1.29 is 19.4 Å². The lowest BCUT2D eigenvalue weighted by molar-refractivity contribution is 0.0526. The van der Waals surface area contributed by atoms with E-state index in [9.17, 15) is 19.5 Å². The first-order valence-corrected chi connectivity index (χ1v) is 9.41. The van der Waals surface area contributed by atoms with E-state index >= 15 is 0 Å². The number of fused-ring (bicyclic) bond motifs is 1. The number of carbonyl (C=O) groups is 2. The van der Waals surface area contributed by atoms with Crippen LogP contribution in [-0.2, 0) is 11.3 Å². The number of nitrogens with one attached hydrogen (secondary N) is 1. The van der Waals surface area contributed by atoms with E-state index in [1.807, 2.05) is 6.92 Å². The van der Waals surface area contributed by atoms with Crippen molar-refractivity contribution in [3.05, 3.63) is 70.0 Å². The maximum absolute atomic E-state index is 12.9. The molecule has 0 radical (unpaired) electrons. The smallest absolute Gasteiger partial charge is 0.338 e. The molecule has 7 nitrogen and oxygen atoms in total. The summed E-state index contributed by atoms with van der Waals surface area (Å²) in [5.74, 6) is -1.52. The number of aromatic nitrogens is 1. The Morgan fingerprint density at radius 1 is 1.07 bits per heavy atom. The number of para-hydroxylation sites is 1. The summed E-state index contributed by atoms with van der Waals surface area (Å²) in [5, 5.41) is 13.7. The lowest BCUT2D eigenvalue weighted by atomic mass is 10.1. The first-order valence-electron chi connectivity index (χ1n) is 9.41. The van der Waals surface area contributed by atoms with Crippen molar-refractivity contribution in [2.75, 3.05) is 11.9 Å². The van der Waals surface area contributed by atoms with Crippen LogP contribution in [0.25, 0.3) is 10.9 Å². The summed E-state index contributed by atoms with van der Waals surface area (Å²) in [5.41, 5.74) is 0.447. The molecule has 0 aliphatic carbocycles. The minimum Gasteiger partial charge on any atom is -0.506 e. The number of nitrogens with zero attached hydrogens (tertiary/aromatic N) is 1. The van der Waals surface area contributed by atoms with Gasteiger partial charge in [-0.3, -0.25) is 9.59 Å². The van der Waals surface area contributed by atoms with Crippen molar-refractivity contribution in [2.45, 2.75) is 26.8 Å². The van der Waals surface area contributed by atoms with Crippen LogP contribution in [0.2, 0.25) is 0 Å². The molecule has 1 aromatic heterocycles. The molecular formula is C22H22N2O5. The molecule has 0 atom stereocenters. The first kappa shape index (κ1) is 20.1. The van der Waals surface area contributed by atoms with Crippen LogP contribution in [0.5, 0.6) is 5.75 Å². The summed E-state index contributed by atoms with van der Waals surface area (Å²) in [6.07, 6.45) is 0.699. The Kier molecular flexibility index (Phi) is 5.97. The topological polar surface area (TPSA) is 97.6 Å². The van der Waals surface area contributed by atoms with Gasteiger partial charge >= 0.3 is 5.97 Å². The fourth-order valence-corrected chi connectivity index (χ4v) is 3.14. The van der Waals surface area contributed by atoms with Crippen LogP contribution in [0, 0.1) is 0 Å². The number of aryl methyl sites for hydroxylation is 1. The molecule has 29 heavy (non-hydrogen) atoms. The second-order valence-electron chi connectivity index (χ2n) is 6.45. The first-order chi connectivity index (χ1) is 14.0. The van der Waals surface area contributed by atoms with Gasteiger partial charge in [-0.05, 0) is 49.7 Å².